The van der Waals surface area contributed by atoms with Gasteiger partial charge < -0.3 is 9.47 Å². The molecule has 3 atom stereocenters. The van der Waals surface area contributed by atoms with Crippen LogP contribution in [0.4, 0.5) is 0 Å². The molecule has 0 unspecified atom stereocenters. The smallest absolute Gasteiger partial charge is 0.333 e. The van der Waals surface area contributed by atoms with E-state index < -0.39 is 5.79 Å². The zero-order chi connectivity index (χ0) is 13.8. The zero-order valence-corrected chi connectivity index (χ0v) is 12.2. The SMILES string of the molecule is CO[C@@]12C[C@@H]3C=C(C)CC[C@@H]3C(C)(C)C1=CC(=O)O2. The molecule has 1 fully saturated rings. The van der Waals surface area contributed by atoms with E-state index in [1.807, 2.05) is 0 Å². The minimum absolute atomic E-state index is 0.0533. The fourth-order valence-corrected chi connectivity index (χ4v) is 4.31. The van der Waals surface area contributed by atoms with Crippen LogP contribution in [-0.4, -0.2) is 18.9 Å². The molecule has 0 saturated heterocycles. The van der Waals surface area contributed by atoms with Gasteiger partial charge in [0.1, 0.15) is 0 Å². The highest BCUT2D eigenvalue weighted by Crippen LogP contribution is 2.58. The third-order valence-electron chi connectivity index (χ3n) is 5.26. The van der Waals surface area contributed by atoms with Crippen LogP contribution in [0.5, 0.6) is 0 Å². The van der Waals surface area contributed by atoms with Gasteiger partial charge in [-0.1, -0.05) is 25.5 Å². The van der Waals surface area contributed by atoms with Gasteiger partial charge in [-0.3, -0.25) is 0 Å². The molecular formula is C16H22O3. The molecule has 0 aromatic rings. The van der Waals surface area contributed by atoms with Crippen LogP contribution < -0.4 is 0 Å². The second-order valence-electron chi connectivity index (χ2n) is 6.68. The van der Waals surface area contributed by atoms with Gasteiger partial charge in [-0.05, 0) is 37.0 Å². The summed E-state index contributed by atoms with van der Waals surface area (Å²) in [6, 6.07) is 0. The Kier molecular flexibility index (Phi) is 2.69. The van der Waals surface area contributed by atoms with Gasteiger partial charge in [-0.2, -0.15) is 0 Å². The lowest BCUT2D eigenvalue weighted by atomic mass is 9.56. The fraction of sp³-hybridized carbons (Fsp3) is 0.688. The van der Waals surface area contributed by atoms with E-state index in [4.69, 9.17) is 9.47 Å². The van der Waals surface area contributed by atoms with Crippen molar-refractivity contribution in [1.29, 1.82) is 0 Å². The maximum absolute atomic E-state index is 11.7. The molecule has 3 rings (SSSR count). The first-order valence-corrected chi connectivity index (χ1v) is 7.07. The Morgan fingerprint density at radius 2 is 2.16 bits per heavy atom. The molecule has 0 amide bonds. The van der Waals surface area contributed by atoms with Crippen molar-refractivity contribution in [3.63, 3.8) is 0 Å². The molecular weight excluding hydrogens is 240 g/mol. The Hall–Kier alpha value is -1.09. The molecule has 0 aromatic heterocycles. The molecule has 2 aliphatic carbocycles. The van der Waals surface area contributed by atoms with Crippen molar-refractivity contribution in [2.45, 2.75) is 45.8 Å². The predicted molar refractivity (Wildman–Crippen MR) is 72.3 cm³/mol. The Bertz CT molecular complexity index is 486. The number of fused-ring (bicyclic) bond motifs is 2. The van der Waals surface area contributed by atoms with Gasteiger partial charge >= 0.3 is 5.97 Å². The highest BCUT2D eigenvalue weighted by atomic mass is 16.7. The molecule has 0 aromatic carbocycles. The molecule has 0 N–H and O–H groups in total. The largest absolute Gasteiger partial charge is 0.426 e. The van der Waals surface area contributed by atoms with Gasteiger partial charge in [0.15, 0.2) is 0 Å². The third-order valence-corrected chi connectivity index (χ3v) is 5.26. The quantitative estimate of drug-likeness (QED) is 0.537. The van der Waals surface area contributed by atoms with Crippen molar-refractivity contribution in [3.8, 4) is 0 Å². The molecule has 0 bridgehead atoms. The Morgan fingerprint density at radius 3 is 2.84 bits per heavy atom. The molecule has 1 aliphatic heterocycles. The Morgan fingerprint density at radius 1 is 1.42 bits per heavy atom. The van der Waals surface area contributed by atoms with E-state index in [1.165, 1.54) is 12.0 Å². The molecule has 3 aliphatic rings. The van der Waals surface area contributed by atoms with E-state index in [-0.39, 0.29) is 11.4 Å². The molecule has 3 nitrogen and oxygen atoms in total. The third kappa shape index (κ3) is 1.71. The Balaban J connectivity index is 2.08. The predicted octanol–water partition coefficient (Wildman–Crippen LogP) is 3.21. The summed E-state index contributed by atoms with van der Waals surface area (Å²) in [6.45, 7) is 6.63. The number of carbonyl (C=O) groups excluding carboxylic acids is 1. The van der Waals surface area contributed by atoms with E-state index in [0.717, 1.165) is 18.4 Å². The average molecular weight is 262 g/mol. The van der Waals surface area contributed by atoms with E-state index in [2.05, 4.69) is 26.8 Å². The fourth-order valence-electron chi connectivity index (χ4n) is 4.31. The van der Waals surface area contributed by atoms with Crippen LogP contribution in [0.1, 0.15) is 40.0 Å². The van der Waals surface area contributed by atoms with Crippen LogP contribution in [0.2, 0.25) is 0 Å². The molecule has 3 heteroatoms. The number of carbonyl (C=O) groups is 1. The summed E-state index contributed by atoms with van der Waals surface area (Å²) in [5, 5.41) is 0. The van der Waals surface area contributed by atoms with Gasteiger partial charge in [0.2, 0.25) is 5.79 Å². The lowest BCUT2D eigenvalue weighted by Crippen LogP contribution is -2.51. The molecule has 0 radical (unpaired) electrons. The van der Waals surface area contributed by atoms with Crippen molar-refractivity contribution in [1.82, 2.24) is 0 Å². The first-order chi connectivity index (χ1) is 8.89. The minimum Gasteiger partial charge on any atom is -0.426 e. The van der Waals surface area contributed by atoms with Crippen molar-refractivity contribution < 1.29 is 14.3 Å². The maximum Gasteiger partial charge on any atom is 0.333 e. The van der Waals surface area contributed by atoms with Crippen LogP contribution in [-0.2, 0) is 14.3 Å². The summed E-state index contributed by atoms with van der Waals surface area (Å²) in [6.07, 6.45) is 7.12. The summed E-state index contributed by atoms with van der Waals surface area (Å²) in [4.78, 5) is 11.7. The number of hydrogen-bond donors (Lipinski definition) is 0. The number of rotatable bonds is 1. The number of esters is 1. The maximum atomic E-state index is 11.7. The molecule has 1 heterocycles. The highest BCUT2D eigenvalue weighted by Gasteiger charge is 2.58. The van der Waals surface area contributed by atoms with E-state index >= 15 is 0 Å². The molecule has 104 valence electrons. The van der Waals surface area contributed by atoms with E-state index in [9.17, 15) is 4.79 Å². The lowest BCUT2D eigenvalue weighted by molar-refractivity contribution is -0.214. The van der Waals surface area contributed by atoms with Gasteiger partial charge in [0.25, 0.3) is 0 Å². The minimum atomic E-state index is -0.824. The molecule has 0 spiro atoms. The van der Waals surface area contributed by atoms with Crippen LogP contribution in [0.15, 0.2) is 23.3 Å². The van der Waals surface area contributed by atoms with Gasteiger partial charge in [-0.25, -0.2) is 4.79 Å². The number of allylic oxidation sites excluding steroid dienone is 2. The molecule has 19 heavy (non-hydrogen) atoms. The van der Waals surface area contributed by atoms with Crippen molar-refractivity contribution in [3.05, 3.63) is 23.3 Å². The normalized spacial score (nSPS) is 39.9. The molecule has 1 saturated carbocycles. The summed E-state index contributed by atoms with van der Waals surface area (Å²) in [7, 11) is 1.64. The average Bonchev–Trinajstić information content (AvgIpc) is 2.67. The monoisotopic (exact) mass is 262 g/mol. The van der Waals surface area contributed by atoms with Crippen molar-refractivity contribution >= 4 is 5.97 Å². The van der Waals surface area contributed by atoms with Gasteiger partial charge in [-0.15, -0.1) is 0 Å². The highest BCUT2D eigenvalue weighted by molar-refractivity contribution is 5.87. The zero-order valence-electron chi connectivity index (χ0n) is 12.2. The van der Waals surface area contributed by atoms with Crippen LogP contribution in [0.25, 0.3) is 0 Å². The second-order valence-corrected chi connectivity index (χ2v) is 6.68. The second kappa shape index (κ2) is 3.95. The summed E-state index contributed by atoms with van der Waals surface area (Å²) in [5.41, 5.74) is 2.42. The summed E-state index contributed by atoms with van der Waals surface area (Å²) in [5.74, 6) is -0.0770. The summed E-state index contributed by atoms with van der Waals surface area (Å²) < 4.78 is 11.2. The van der Waals surface area contributed by atoms with E-state index in [1.54, 1.807) is 13.2 Å². The van der Waals surface area contributed by atoms with Gasteiger partial charge in [0, 0.05) is 25.2 Å². The van der Waals surface area contributed by atoms with Gasteiger partial charge in [0.05, 0.1) is 0 Å². The van der Waals surface area contributed by atoms with Crippen LogP contribution in [0.3, 0.4) is 0 Å². The van der Waals surface area contributed by atoms with Crippen LogP contribution >= 0.6 is 0 Å². The number of ether oxygens (including phenoxy) is 2. The first kappa shape index (κ1) is 12.9. The summed E-state index contributed by atoms with van der Waals surface area (Å²) >= 11 is 0. The number of hydrogen-bond acceptors (Lipinski definition) is 3. The van der Waals surface area contributed by atoms with Crippen LogP contribution in [0, 0.1) is 17.3 Å². The number of methoxy groups -OCH3 is 1. The first-order valence-electron chi connectivity index (χ1n) is 7.07. The standard InChI is InChI=1S/C16H22O3/c1-10-5-6-12-11(7-10)9-16(18-4)13(15(12,2)3)8-14(17)19-16/h7-8,11-12H,5-6,9H2,1-4H3/t11-,12-,16+/m0/s1. The van der Waals surface area contributed by atoms with Crippen molar-refractivity contribution in [2.24, 2.45) is 17.3 Å². The lowest BCUT2D eigenvalue weighted by Gasteiger charge is -2.52. The Labute approximate surface area is 114 Å². The van der Waals surface area contributed by atoms with Crippen molar-refractivity contribution in [2.75, 3.05) is 7.11 Å². The van der Waals surface area contributed by atoms with E-state index in [0.29, 0.717) is 11.8 Å². The topological polar surface area (TPSA) is 35.5 Å².